The number of nitrogens with one attached hydrogen (secondary N) is 1. The fourth-order valence-corrected chi connectivity index (χ4v) is 4.43. The summed E-state index contributed by atoms with van der Waals surface area (Å²) in [7, 11) is -3.61. The molecule has 1 saturated carbocycles. The van der Waals surface area contributed by atoms with Gasteiger partial charge in [0, 0.05) is 6.04 Å². The van der Waals surface area contributed by atoms with Crippen LogP contribution in [-0.4, -0.2) is 19.6 Å². The van der Waals surface area contributed by atoms with Gasteiger partial charge >= 0.3 is 0 Å². The van der Waals surface area contributed by atoms with Crippen LogP contribution in [0.5, 0.6) is 5.75 Å². The van der Waals surface area contributed by atoms with E-state index in [2.05, 4.69) is 18.6 Å². The summed E-state index contributed by atoms with van der Waals surface area (Å²) in [5, 5.41) is 9.41. The fraction of sp³-hybridized carbons (Fsp3) is 0.600. The lowest BCUT2D eigenvalue weighted by molar-refractivity contribution is 0.226. The Labute approximate surface area is 126 Å². The predicted octanol–water partition coefficient (Wildman–Crippen LogP) is 2.47. The van der Waals surface area contributed by atoms with Gasteiger partial charge in [0.05, 0.1) is 10.6 Å². The zero-order chi connectivity index (χ0) is 15.6. The molecule has 1 aliphatic rings. The van der Waals surface area contributed by atoms with E-state index < -0.39 is 10.0 Å². The van der Waals surface area contributed by atoms with Crippen LogP contribution in [0.15, 0.2) is 23.1 Å². The van der Waals surface area contributed by atoms with Gasteiger partial charge in [-0.05, 0) is 42.9 Å². The molecular formula is C15H24N2O3S. The van der Waals surface area contributed by atoms with E-state index in [0.717, 1.165) is 25.7 Å². The second-order valence-corrected chi connectivity index (χ2v) is 7.85. The van der Waals surface area contributed by atoms with Gasteiger partial charge in [-0.3, -0.25) is 0 Å². The van der Waals surface area contributed by atoms with Crippen molar-refractivity contribution in [1.82, 2.24) is 4.72 Å². The van der Waals surface area contributed by atoms with E-state index in [1.165, 1.54) is 18.2 Å². The van der Waals surface area contributed by atoms with Crippen molar-refractivity contribution >= 4 is 15.7 Å². The molecule has 0 radical (unpaired) electrons. The average Bonchev–Trinajstić information content (AvgIpc) is 2.41. The largest absolute Gasteiger partial charge is 0.506 e. The minimum Gasteiger partial charge on any atom is -0.506 e. The SMILES string of the molecule is CC(C)C1CCCCC1NS(=O)(=O)c1ccc(O)c(N)c1. The lowest BCUT2D eigenvalue weighted by atomic mass is 9.78. The van der Waals surface area contributed by atoms with E-state index in [-0.39, 0.29) is 22.4 Å². The van der Waals surface area contributed by atoms with Gasteiger partial charge < -0.3 is 10.8 Å². The molecule has 1 aromatic rings. The lowest BCUT2D eigenvalue weighted by Gasteiger charge is -2.34. The van der Waals surface area contributed by atoms with Crippen LogP contribution < -0.4 is 10.5 Å². The predicted molar refractivity (Wildman–Crippen MR) is 83.4 cm³/mol. The van der Waals surface area contributed by atoms with Crippen LogP contribution >= 0.6 is 0 Å². The number of phenolic OH excluding ortho intramolecular Hbond substituents is 1. The Morgan fingerprint density at radius 2 is 1.95 bits per heavy atom. The highest BCUT2D eigenvalue weighted by atomic mass is 32.2. The maximum atomic E-state index is 12.5. The fourth-order valence-electron chi connectivity index (χ4n) is 3.07. The maximum Gasteiger partial charge on any atom is 0.240 e. The molecule has 0 aliphatic heterocycles. The molecule has 2 rings (SSSR count). The van der Waals surface area contributed by atoms with E-state index in [4.69, 9.17) is 5.73 Å². The normalized spacial score (nSPS) is 23.4. The molecule has 1 fully saturated rings. The summed E-state index contributed by atoms with van der Waals surface area (Å²) < 4.78 is 27.8. The monoisotopic (exact) mass is 312 g/mol. The molecule has 21 heavy (non-hydrogen) atoms. The molecule has 2 unspecified atom stereocenters. The molecule has 4 N–H and O–H groups in total. The van der Waals surface area contributed by atoms with Crippen LogP contribution in [0.4, 0.5) is 5.69 Å². The molecule has 0 amide bonds. The second kappa shape index (κ2) is 6.23. The van der Waals surface area contributed by atoms with Crippen molar-refractivity contribution in [2.75, 3.05) is 5.73 Å². The van der Waals surface area contributed by atoms with Crippen LogP contribution in [0.25, 0.3) is 0 Å². The lowest BCUT2D eigenvalue weighted by Crippen LogP contribution is -2.43. The number of aromatic hydroxyl groups is 1. The first-order chi connectivity index (χ1) is 9.81. The van der Waals surface area contributed by atoms with Gasteiger partial charge in [-0.25, -0.2) is 13.1 Å². The highest BCUT2D eigenvalue weighted by molar-refractivity contribution is 7.89. The number of sulfonamides is 1. The summed E-state index contributed by atoms with van der Waals surface area (Å²) in [5.41, 5.74) is 5.66. The Kier molecular flexibility index (Phi) is 4.78. The van der Waals surface area contributed by atoms with Crippen molar-refractivity contribution in [3.8, 4) is 5.75 Å². The van der Waals surface area contributed by atoms with Crippen molar-refractivity contribution in [3.63, 3.8) is 0 Å². The summed E-state index contributed by atoms with van der Waals surface area (Å²) >= 11 is 0. The first kappa shape index (κ1) is 16.1. The number of anilines is 1. The van der Waals surface area contributed by atoms with Gasteiger partial charge in [-0.1, -0.05) is 26.7 Å². The standard InChI is InChI=1S/C15H24N2O3S/c1-10(2)12-5-3-4-6-14(12)17-21(19,20)11-7-8-15(18)13(16)9-11/h7-10,12,14,17-18H,3-6,16H2,1-2H3. The smallest absolute Gasteiger partial charge is 0.240 e. The first-order valence-corrected chi connectivity index (χ1v) is 8.90. The van der Waals surface area contributed by atoms with E-state index >= 15 is 0 Å². The first-order valence-electron chi connectivity index (χ1n) is 7.42. The Bertz CT molecular complexity index is 599. The molecule has 5 nitrogen and oxygen atoms in total. The third kappa shape index (κ3) is 3.68. The Balaban J connectivity index is 2.21. The third-order valence-corrected chi connectivity index (χ3v) is 5.78. The topological polar surface area (TPSA) is 92.4 Å². The molecular weight excluding hydrogens is 288 g/mol. The summed E-state index contributed by atoms with van der Waals surface area (Å²) in [4.78, 5) is 0.103. The van der Waals surface area contributed by atoms with Gasteiger partial charge in [0.25, 0.3) is 0 Å². The number of rotatable bonds is 4. The number of nitrogens with two attached hydrogens (primary N) is 1. The van der Waals surface area contributed by atoms with Gasteiger partial charge in [-0.2, -0.15) is 0 Å². The van der Waals surface area contributed by atoms with Gasteiger partial charge in [0.1, 0.15) is 5.75 Å². The number of phenols is 1. The molecule has 118 valence electrons. The Hall–Kier alpha value is -1.27. The summed E-state index contributed by atoms with van der Waals surface area (Å²) in [5.74, 6) is 0.706. The zero-order valence-corrected chi connectivity index (χ0v) is 13.4. The van der Waals surface area contributed by atoms with Gasteiger partial charge in [0.15, 0.2) is 0 Å². The molecule has 0 saturated heterocycles. The summed E-state index contributed by atoms with van der Waals surface area (Å²) in [6, 6.07) is 3.95. The van der Waals surface area contributed by atoms with Crippen LogP contribution in [0.1, 0.15) is 39.5 Å². The summed E-state index contributed by atoms with van der Waals surface area (Å²) in [6.07, 6.45) is 4.14. The molecule has 0 bridgehead atoms. The Morgan fingerprint density at radius 3 is 2.57 bits per heavy atom. The van der Waals surface area contributed by atoms with Crippen molar-refractivity contribution in [3.05, 3.63) is 18.2 Å². The van der Waals surface area contributed by atoms with Crippen LogP contribution in [0.2, 0.25) is 0 Å². The average molecular weight is 312 g/mol. The van der Waals surface area contributed by atoms with Crippen molar-refractivity contribution in [1.29, 1.82) is 0 Å². The van der Waals surface area contributed by atoms with E-state index in [1.54, 1.807) is 0 Å². The second-order valence-electron chi connectivity index (χ2n) is 6.14. The minimum absolute atomic E-state index is 0.0289. The van der Waals surface area contributed by atoms with Crippen molar-refractivity contribution in [2.24, 2.45) is 11.8 Å². The maximum absolute atomic E-state index is 12.5. The molecule has 0 aromatic heterocycles. The van der Waals surface area contributed by atoms with Gasteiger partial charge in [-0.15, -0.1) is 0 Å². The molecule has 1 aliphatic carbocycles. The molecule has 0 spiro atoms. The number of benzene rings is 1. The number of hydrogen-bond donors (Lipinski definition) is 3. The minimum atomic E-state index is -3.61. The van der Waals surface area contributed by atoms with E-state index in [0.29, 0.717) is 11.8 Å². The van der Waals surface area contributed by atoms with E-state index in [1.807, 2.05) is 0 Å². The van der Waals surface area contributed by atoms with Gasteiger partial charge in [0.2, 0.25) is 10.0 Å². The van der Waals surface area contributed by atoms with Crippen LogP contribution in [0, 0.1) is 11.8 Å². The highest BCUT2D eigenvalue weighted by Gasteiger charge is 2.31. The van der Waals surface area contributed by atoms with Crippen LogP contribution in [0.3, 0.4) is 0 Å². The number of nitrogen functional groups attached to an aromatic ring is 1. The highest BCUT2D eigenvalue weighted by Crippen LogP contribution is 2.31. The Morgan fingerprint density at radius 1 is 1.29 bits per heavy atom. The van der Waals surface area contributed by atoms with Crippen molar-refractivity contribution in [2.45, 2.75) is 50.5 Å². The summed E-state index contributed by atoms with van der Waals surface area (Å²) in [6.45, 7) is 4.27. The third-order valence-electron chi connectivity index (χ3n) is 4.29. The van der Waals surface area contributed by atoms with Crippen molar-refractivity contribution < 1.29 is 13.5 Å². The molecule has 0 heterocycles. The molecule has 1 aromatic carbocycles. The zero-order valence-electron chi connectivity index (χ0n) is 12.5. The quantitative estimate of drug-likeness (QED) is 0.588. The number of hydrogen-bond acceptors (Lipinski definition) is 4. The van der Waals surface area contributed by atoms with E-state index in [9.17, 15) is 13.5 Å². The van der Waals surface area contributed by atoms with Crippen LogP contribution in [-0.2, 0) is 10.0 Å². The molecule has 6 heteroatoms. The molecule has 2 atom stereocenters.